The Balaban J connectivity index is 1.54. The molecule has 2 aromatic heterocycles. The number of hydrogen-bond donors (Lipinski definition) is 2. The van der Waals surface area contributed by atoms with Crippen LogP contribution in [0.5, 0.6) is 0 Å². The molecule has 7 nitrogen and oxygen atoms in total. The fourth-order valence-corrected chi connectivity index (χ4v) is 4.40. The maximum Gasteiger partial charge on any atom is 0.271 e. The first-order chi connectivity index (χ1) is 11.9. The van der Waals surface area contributed by atoms with Crippen molar-refractivity contribution in [3.63, 3.8) is 0 Å². The summed E-state index contributed by atoms with van der Waals surface area (Å²) in [4.78, 5) is 14.8. The van der Waals surface area contributed by atoms with Gasteiger partial charge in [0.25, 0.3) is 5.91 Å². The highest BCUT2D eigenvalue weighted by atomic mass is 16.2. The first-order valence-electron chi connectivity index (χ1n) is 9.03. The van der Waals surface area contributed by atoms with Crippen molar-refractivity contribution in [2.24, 2.45) is 7.05 Å². The van der Waals surface area contributed by atoms with Crippen molar-refractivity contribution in [2.75, 3.05) is 7.05 Å². The van der Waals surface area contributed by atoms with Crippen molar-refractivity contribution >= 4 is 5.91 Å². The summed E-state index contributed by atoms with van der Waals surface area (Å²) in [7, 11) is 3.84. The van der Waals surface area contributed by atoms with Crippen LogP contribution in [-0.4, -0.2) is 56.0 Å². The number of nitrogens with one attached hydrogen (secondary N) is 2. The number of aromatic amines is 1. The second-order valence-corrected chi connectivity index (χ2v) is 7.52. The molecule has 2 aliphatic heterocycles. The number of piperidine rings is 1. The van der Waals surface area contributed by atoms with Crippen LogP contribution in [0.15, 0.2) is 6.07 Å². The predicted octanol–water partition coefficient (Wildman–Crippen LogP) is 1.78. The van der Waals surface area contributed by atoms with E-state index < -0.39 is 0 Å². The SMILES string of the molecule is Cc1nn(C)c(C)c1-c1cc(C(=O)N(C)C2CC3CCC(C2)N3)[nH]n1. The van der Waals surface area contributed by atoms with Gasteiger partial charge in [0.1, 0.15) is 5.69 Å². The van der Waals surface area contributed by atoms with Crippen LogP contribution in [-0.2, 0) is 7.05 Å². The number of H-pyrrole nitrogens is 1. The van der Waals surface area contributed by atoms with Crippen molar-refractivity contribution in [3.8, 4) is 11.3 Å². The molecule has 2 bridgehead atoms. The Bertz CT molecular complexity index is 795. The number of amides is 1. The van der Waals surface area contributed by atoms with Gasteiger partial charge in [0, 0.05) is 43.5 Å². The third-order valence-corrected chi connectivity index (χ3v) is 5.89. The van der Waals surface area contributed by atoms with Crippen LogP contribution in [0.4, 0.5) is 0 Å². The largest absolute Gasteiger partial charge is 0.337 e. The van der Waals surface area contributed by atoms with Crippen LogP contribution >= 0.6 is 0 Å². The molecule has 2 N–H and O–H groups in total. The third kappa shape index (κ3) is 2.76. The first kappa shape index (κ1) is 16.3. The average molecular weight is 342 g/mol. The van der Waals surface area contributed by atoms with Gasteiger partial charge in [0.2, 0.25) is 0 Å². The molecular weight excluding hydrogens is 316 g/mol. The molecule has 2 aromatic rings. The van der Waals surface area contributed by atoms with Crippen LogP contribution in [0.25, 0.3) is 11.3 Å². The summed E-state index contributed by atoms with van der Waals surface area (Å²) in [5.41, 5.74) is 4.30. The monoisotopic (exact) mass is 342 g/mol. The molecule has 2 atom stereocenters. The number of aromatic nitrogens is 4. The number of carbonyl (C=O) groups is 1. The number of aryl methyl sites for hydroxylation is 2. The minimum atomic E-state index is 0.0178. The van der Waals surface area contributed by atoms with Crippen LogP contribution in [0.3, 0.4) is 0 Å². The normalized spacial score (nSPS) is 25.4. The zero-order chi connectivity index (χ0) is 17.7. The Morgan fingerprint density at radius 2 is 1.96 bits per heavy atom. The lowest BCUT2D eigenvalue weighted by Gasteiger charge is -2.35. The predicted molar refractivity (Wildman–Crippen MR) is 95.3 cm³/mol. The molecule has 0 spiro atoms. The number of nitrogens with zero attached hydrogens (tertiary/aromatic N) is 4. The van der Waals surface area contributed by atoms with Gasteiger partial charge in [-0.25, -0.2) is 0 Å². The van der Waals surface area contributed by atoms with Gasteiger partial charge >= 0.3 is 0 Å². The van der Waals surface area contributed by atoms with E-state index in [1.807, 2.05) is 43.6 Å². The van der Waals surface area contributed by atoms with E-state index in [0.29, 0.717) is 23.8 Å². The number of hydrogen-bond acceptors (Lipinski definition) is 4. The van der Waals surface area contributed by atoms with E-state index in [2.05, 4.69) is 20.6 Å². The molecule has 2 aliphatic rings. The van der Waals surface area contributed by atoms with Gasteiger partial charge in [-0.15, -0.1) is 0 Å². The van der Waals surface area contributed by atoms with Crippen molar-refractivity contribution in [1.29, 1.82) is 0 Å². The molecule has 0 aliphatic carbocycles. The lowest BCUT2D eigenvalue weighted by atomic mass is 9.98. The average Bonchev–Trinajstić information content (AvgIpc) is 3.25. The number of carbonyl (C=O) groups excluding carboxylic acids is 1. The van der Waals surface area contributed by atoms with Gasteiger partial charge in [-0.1, -0.05) is 0 Å². The van der Waals surface area contributed by atoms with Crippen LogP contribution in [0.2, 0.25) is 0 Å². The lowest BCUT2D eigenvalue weighted by Crippen LogP contribution is -2.48. The van der Waals surface area contributed by atoms with E-state index >= 15 is 0 Å². The number of fused-ring (bicyclic) bond motifs is 2. The fourth-order valence-electron chi connectivity index (χ4n) is 4.40. The topological polar surface area (TPSA) is 78.8 Å². The fraction of sp³-hybridized carbons (Fsp3) is 0.611. The standard InChI is InChI=1S/C18H26N6O/c1-10-17(11(2)24(4)22-10)15-9-16(21-20-15)18(25)23(3)14-7-12-5-6-13(8-14)19-12/h9,12-14,19H,5-8H2,1-4H3,(H,20,21). The molecule has 2 unspecified atom stereocenters. The Hall–Kier alpha value is -2.15. The summed E-state index contributed by atoms with van der Waals surface area (Å²) in [5, 5.41) is 15.4. The molecule has 0 radical (unpaired) electrons. The Morgan fingerprint density at radius 1 is 1.28 bits per heavy atom. The Labute approximate surface area is 147 Å². The van der Waals surface area contributed by atoms with Crippen LogP contribution in [0.1, 0.15) is 47.6 Å². The van der Waals surface area contributed by atoms with E-state index in [4.69, 9.17) is 0 Å². The zero-order valence-corrected chi connectivity index (χ0v) is 15.3. The van der Waals surface area contributed by atoms with Gasteiger partial charge in [0.05, 0.1) is 11.4 Å². The minimum Gasteiger partial charge on any atom is -0.337 e. The molecule has 4 rings (SSSR count). The second kappa shape index (κ2) is 5.98. The molecule has 0 aromatic carbocycles. The van der Waals surface area contributed by atoms with Gasteiger partial charge in [-0.3, -0.25) is 14.6 Å². The minimum absolute atomic E-state index is 0.0178. The van der Waals surface area contributed by atoms with E-state index in [9.17, 15) is 4.79 Å². The molecular formula is C18H26N6O. The summed E-state index contributed by atoms with van der Waals surface area (Å²) in [6, 6.07) is 3.29. The summed E-state index contributed by atoms with van der Waals surface area (Å²) < 4.78 is 1.85. The van der Waals surface area contributed by atoms with Gasteiger partial charge in [-0.05, 0) is 45.6 Å². The molecule has 2 fully saturated rings. The molecule has 1 amide bonds. The Morgan fingerprint density at radius 3 is 2.56 bits per heavy atom. The maximum absolute atomic E-state index is 12.9. The molecule has 2 saturated heterocycles. The van der Waals surface area contributed by atoms with E-state index in [1.165, 1.54) is 12.8 Å². The van der Waals surface area contributed by atoms with Crippen molar-refractivity contribution in [1.82, 2.24) is 30.2 Å². The smallest absolute Gasteiger partial charge is 0.271 e. The number of rotatable bonds is 3. The van der Waals surface area contributed by atoms with Crippen molar-refractivity contribution in [3.05, 3.63) is 23.1 Å². The van der Waals surface area contributed by atoms with E-state index in [1.54, 1.807) is 0 Å². The van der Waals surface area contributed by atoms with Crippen LogP contribution < -0.4 is 5.32 Å². The summed E-state index contributed by atoms with van der Waals surface area (Å²) >= 11 is 0. The maximum atomic E-state index is 12.9. The zero-order valence-electron chi connectivity index (χ0n) is 15.3. The molecule has 0 saturated carbocycles. The second-order valence-electron chi connectivity index (χ2n) is 7.52. The highest BCUT2D eigenvalue weighted by Gasteiger charge is 2.36. The molecule has 25 heavy (non-hydrogen) atoms. The van der Waals surface area contributed by atoms with Crippen LogP contribution in [0, 0.1) is 13.8 Å². The summed E-state index contributed by atoms with van der Waals surface area (Å²) in [6.45, 7) is 3.98. The quantitative estimate of drug-likeness (QED) is 0.891. The lowest BCUT2D eigenvalue weighted by molar-refractivity contribution is 0.0675. The van der Waals surface area contributed by atoms with E-state index in [-0.39, 0.29) is 5.91 Å². The highest BCUT2D eigenvalue weighted by molar-refractivity contribution is 5.93. The highest BCUT2D eigenvalue weighted by Crippen LogP contribution is 2.30. The van der Waals surface area contributed by atoms with Crippen molar-refractivity contribution in [2.45, 2.75) is 57.7 Å². The summed E-state index contributed by atoms with van der Waals surface area (Å²) in [6.07, 6.45) is 4.55. The first-order valence-corrected chi connectivity index (χ1v) is 9.03. The third-order valence-electron chi connectivity index (χ3n) is 5.89. The molecule has 7 heteroatoms. The van der Waals surface area contributed by atoms with Gasteiger partial charge in [-0.2, -0.15) is 10.2 Å². The summed E-state index contributed by atoms with van der Waals surface area (Å²) in [5.74, 6) is 0.0178. The molecule has 134 valence electrons. The van der Waals surface area contributed by atoms with E-state index in [0.717, 1.165) is 35.5 Å². The van der Waals surface area contributed by atoms with Gasteiger partial charge < -0.3 is 10.2 Å². The van der Waals surface area contributed by atoms with Crippen molar-refractivity contribution < 1.29 is 4.79 Å². The van der Waals surface area contributed by atoms with Gasteiger partial charge in [0.15, 0.2) is 0 Å². The Kier molecular flexibility index (Phi) is 3.91. The molecule has 4 heterocycles.